The molecule has 0 aliphatic carbocycles. The number of hydrogen-bond acceptors (Lipinski definition) is 5. The Morgan fingerprint density at radius 3 is 2.76 bits per heavy atom. The maximum absolute atomic E-state index is 9.00. The molecule has 5 heteroatoms. The highest BCUT2D eigenvalue weighted by Crippen LogP contribution is 2.33. The molecule has 0 atom stereocenters. The molecule has 1 aliphatic heterocycles. The van der Waals surface area contributed by atoms with Crippen molar-refractivity contribution in [2.45, 2.75) is 13.3 Å². The fourth-order valence-electron chi connectivity index (χ4n) is 2.19. The Morgan fingerprint density at radius 1 is 1.14 bits per heavy atom. The van der Waals surface area contributed by atoms with Gasteiger partial charge in [0.1, 0.15) is 5.82 Å². The highest BCUT2D eigenvalue weighted by atomic mass is 16.5. The number of benzene rings is 1. The van der Waals surface area contributed by atoms with Crippen molar-refractivity contribution in [2.24, 2.45) is 0 Å². The van der Waals surface area contributed by atoms with Crippen LogP contribution in [0.4, 0.5) is 11.5 Å². The normalized spacial score (nSPS) is 13.1. The van der Waals surface area contributed by atoms with E-state index in [9.17, 15) is 0 Å². The van der Waals surface area contributed by atoms with Crippen molar-refractivity contribution in [1.82, 2.24) is 4.98 Å². The quantitative estimate of drug-likeness (QED) is 0.915. The van der Waals surface area contributed by atoms with Crippen molar-refractivity contribution < 1.29 is 9.47 Å². The number of hydrogen-bond donors (Lipinski definition) is 1. The lowest BCUT2D eigenvalue weighted by atomic mass is 10.2. The van der Waals surface area contributed by atoms with Crippen molar-refractivity contribution in [2.75, 3.05) is 18.5 Å². The maximum Gasteiger partial charge on any atom is 0.163 e. The molecule has 3 rings (SSSR count). The molecule has 0 radical (unpaired) electrons. The number of nitriles is 1. The van der Waals surface area contributed by atoms with Gasteiger partial charge in [-0.1, -0.05) is 0 Å². The Hall–Kier alpha value is -2.74. The number of nitrogens with zero attached hydrogens (tertiary/aromatic N) is 2. The molecule has 0 saturated carbocycles. The average Bonchev–Trinajstić information content (AvgIpc) is 2.71. The second kappa shape index (κ2) is 5.71. The molecule has 1 aromatic heterocycles. The Kier molecular flexibility index (Phi) is 3.61. The fourth-order valence-corrected chi connectivity index (χ4v) is 2.19. The molecule has 0 fully saturated rings. The molecule has 1 aliphatic rings. The van der Waals surface area contributed by atoms with Crippen LogP contribution in [0.15, 0.2) is 30.3 Å². The third-order valence-electron chi connectivity index (χ3n) is 3.10. The smallest absolute Gasteiger partial charge is 0.163 e. The minimum atomic E-state index is 0.583. The van der Waals surface area contributed by atoms with Crippen LogP contribution >= 0.6 is 0 Å². The summed E-state index contributed by atoms with van der Waals surface area (Å²) in [7, 11) is 0. The monoisotopic (exact) mass is 281 g/mol. The second-order valence-corrected chi connectivity index (χ2v) is 4.83. The summed E-state index contributed by atoms with van der Waals surface area (Å²) in [5.41, 5.74) is 2.23. The molecule has 1 aromatic carbocycles. The largest absolute Gasteiger partial charge is 0.490 e. The summed E-state index contributed by atoms with van der Waals surface area (Å²) in [6.45, 7) is 3.18. The van der Waals surface area contributed by atoms with Crippen molar-refractivity contribution >= 4 is 11.5 Å². The summed E-state index contributed by atoms with van der Waals surface area (Å²) in [6.07, 6.45) is 0.877. The topological polar surface area (TPSA) is 67.2 Å². The van der Waals surface area contributed by atoms with Crippen LogP contribution in [0.25, 0.3) is 0 Å². The summed E-state index contributed by atoms with van der Waals surface area (Å²) in [5.74, 6) is 2.12. The lowest BCUT2D eigenvalue weighted by molar-refractivity contribution is 0.297. The van der Waals surface area contributed by atoms with Gasteiger partial charge in [0.05, 0.1) is 24.8 Å². The third kappa shape index (κ3) is 3.06. The van der Waals surface area contributed by atoms with Crippen molar-refractivity contribution in [3.8, 4) is 17.6 Å². The van der Waals surface area contributed by atoms with E-state index in [1.807, 2.05) is 25.1 Å². The number of nitrogens with one attached hydrogen (secondary N) is 1. The lowest BCUT2D eigenvalue weighted by Gasteiger charge is -2.11. The van der Waals surface area contributed by atoms with Gasteiger partial charge in [0, 0.05) is 23.9 Å². The van der Waals surface area contributed by atoms with Gasteiger partial charge >= 0.3 is 0 Å². The molecular weight excluding hydrogens is 266 g/mol. The second-order valence-electron chi connectivity index (χ2n) is 4.83. The molecule has 106 valence electrons. The van der Waals surface area contributed by atoms with Crippen LogP contribution in [-0.4, -0.2) is 18.2 Å². The Bertz CT molecular complexity index is 707. The van der Waals surface area contributed by atoms with Gasteiger partial charge in [0.15, 0.2) is 11.5 Å². The van der Waals surface area contributed by atoms with E-state index >= 15 is 0 Å². The van der Waals surface area contributed by atoms with Crippen molar-refractivity contribution in [3.63, 3.8) is 0 Å². The van der Waals surface area contributed by atoms with Gasteiger partial charge in [0.2, 0.25) is 0 Å². The van der Waals surface area contributed by atoms with Gasteiger partial charge < -0.3 is 14.8 Å². The first-order valence-electron chi connectivity index (χ1n) is 6.80. The third-order valence-corrected chi connectivity index (χ3v) is 3.10. The van der Waals surface area contributed by atoms with Crippen LogP contribution < -0.4 is 14.8 Å². The number of fused-ring (bicyclic) bond motifs is 1. The molecule has 1 N–H and O–H groups in total. The van der Waals surface area contributed by atoms with Crippen LogP contribution in [0.2, 0.25) is 0 Å². The zero-order chi connectivity index (χ0) is 14.7. The predicted molar refractivity (Wildman–Crippen MR) is 79.0 cm³/mol. The van der Waals surface area contributed by atoms with Gasteiger partial charge in [-0.25, -0.2) is 4.98 Å². The predicted octanol–water partition coefficient (Wildman–Crippen LogP) is 3.17. The summed E-state index contributed by atoms with van der Waals surface area (Å²) >= 11 is 0. The number of ether oxygens (including phenoxy) is 2. The zero-order valence-corrected chi connectivity index (χ0v) is 11.7. The first-order valence-corrected chi connectivity index (χ1v) is 6.80. The first-order chi connectivity index (χ1) is 10.2. The average molecular weight is 281 g/mol. The zero-order valence-electron chi connectivity index (χ0n) is 11.7. The Morgan fingerprint density at radius 2 is 1.95 bits per heavy atom. The fraction of sp³-hybridized carbons (Fsp3) is 0.250. The summed E-state index contributed by atoms with van der Waals surface area (Å²) in [5, 5.41) is 12.2. The Balaban J connectivity index is 1.87. The summed E-state index contributed by atoms with van der Waals surface area (Å²) in [6, 6.07) is 11.3. The molecule has 21 heavy (non-hydrogen) atoms. The number of rotatable bonds is 2. The molecule has 5 nitrogen and oxygen atoms in total. The van der Waals surface area contributed by atoms with E-state index in [0.717, 1.165) is 29.3 Å². The van der Waals surface area contributed by atoms with Crippen LogP contribution in [-0.2, 0) is 0 Å². The molecule has 0 unspecified atom stereocenters. The van der Waals surface area contributed by atoms with E-state index in [1.165, 1.54) is 0 Å². The maximum atomic E-state index is 9.00. The van der Waals surface area contributed by atoms with Crippen LogP contribution in [0.3, 0.4) is 0 Å². The summed E-state index contributed by atoms with van der Waals surface area (Å²) in [4.78, 5) is 4.37. The number of pyridine rings is 1. The molecule has 0 bridgehead atoms. The SMILES string of the molecule is Cc1cc(C#N)cc(Nc2ccc3c(c2)OCCCO3)n1. The van der Waals surface area contributed by atoms with Gasteiger partial charge in [0.25, 0.3) is 0 Å². The number of aryl methyl sites for hydroxylation is 1. The lowest BCUT2D eigenvalue weighted by Crippen LogP contribution is -1.98. The number of anilines is 2. The van der Waals surface area contributed by atoms with Gasteiger partial charge in [-0.2, -0.15) is 5.26 Å². The first kappa shape index (κ1) is 13.3. The summed E-state index contributed by atoms with van der Waals surface area (Å²) < 4.78 is 11.3. The van der Waals surface area contributed by atoms with Gasteiger partial charge in [-0.05, 0) is 31.2 Å². The van der Waals surface area contributed by atoms with Crippen LogP contribution in [0.5, 0.6) is 11.5 Å². The van der Waals surface area contributed by atoms with Crippen LogP contribution in [0.1, 0.15) is 17.7 Å². The molecule has 0 amide bonds. The molecule has 0 saturated heterocycles. The van der Waals surface area contributed by atoms with Gasteiger partial charge in [-0.15, -0.1) is 0 Å². The standard InChI is InChI=1S/C16H15N3O2/c1-11-7-12(10-17)8-16(18-11)19-13-3-4-14-15(9-13)21-6-2-5-20-14/h3-4,7-9H,2,5-6H2,1H3,(H,18,19). The van der Waals surface area contributed by atoms with Crippen LogP contribution in [0, 0.1) is 18.3 Å². The molecule has 2 aromatic rings. The highest BCUT2D eigenvalue weighted by molar-refractivity contribution is 5.62. The minimum Gasteiger partial charge on any atom is -0.490 e. The molecule has 0 spiro atoms. The van der Waals surface area contributed by atoms with Crippen molar-refractivity contribution in [1.29, 1.82) is 5.26 Å². The highest BCUT2D eigenvalue weighted by Gasteiger charge is 2.11. The van der Waals surface area contributed by atoms with E-state index in [2.05, 4.69) is 16.4 Å². The van der Waals surface area contributed by atoms with Crippen molar-refractivity contribution in [3.05, 3.63) is 41.6 Å². The van der Waals surface area contributed by atoms with E-state index in [1.54, 1.807) is 12.1 Å². The number of aromatic nitrogens is 1. The molecular formula is C16H15N3O2. The minimum absolute atomic E-state index is 0.583. The van der Waals surface area contributed by atoms with E-state index in [-0.39, 0.29) is 0 Å². The van der Waals surface area contributed by atoms with E-state index in [4.69, 9.17) is 14.7 Å². The van der Waals surface area contributed by atoms with Gasteiger partial charge in [-0.3, -0.25) is 0 Å². The van der Waals surface area contributed by atoms with E-state index in [0.29, 0.717) is 24.6 Å². The van der Waals surface area contributed by atoms with E-state index < -0.39 is 0 Å². The Labute approximate surface area is 123 Å². The molecule has 2 heterocycles.